The van der Waals surface area contributed by atoms with Crippen molar-refractivity contribution in [1.29, 1.82) is 0 Å². The summed E-state index contributed by atoms with van der Waals surface area (Å²) in [5, 5.41) is 5.48. The highest BCUT2D eigenvalue weighted by atomic mass is 28.3. The van der Waals surface area contributed by atoms with Crippen LogP contribution in [-0.2, 0) is 0 Å². The summed E-state index contributed by atoms with van der Waals surface area (Å²) in [5.74, 6) is 0. The molecule has 2 heteroatoms. The molecule has 0 saturated heterocycles. The van der Waals surface area contributed by atoms with Crippen molar-refractivity contribution in [2.45, 2.75) is 0 Å². The minimum atomic E-state index is -2.61. The SMILES string of the molecule is c1ccc(-c2ccc(N(c3ccc(-c4ccc([Si](c5ccccc5)(c5ccccc5)c5ccccc5)cc4)cc3)c3ccc(-c4ccccc4)c(-c4ccccc4)c3)cc2)cc1. The Morgan fingerprint density at radius 1 is 0.210 bits per heavy atom. The van der Waals surface area contributed by atoms with Gasteiger partial charge in [-0.3, -0.25) is 0 Å². The fraction of sp³-hybridized carbons (Fsp3) is 0. The normalized spacial score (nSPS) is 11.2. The van der Waals surface area contributed by atoms with Crippen LogP contribution in [0.25, 0.3) is 44.5 Å². The Kier molecular flexibility index (Phi) is 10.8. The van der Waals surface area contributed by atoms with Crippen LogP contribution in [0.3, 0.4) is 0 Å². The van der Waals surface area contributed by atoms with Crippen LogP contribution in [0.4, 0.5) is 17.1 Å². The summed E-state index contributed by atoms with van der Waals surface area (Å²) >= 11 is 0. The number of rotatable bonds is 11. The zero-order chi connectivity index (χ0) is 41.6. The van der Waals surface area contributed by atoms with Crippen LogP contribution in [0.2, 0.25) is 0 Å². The van der Waals surface area contributed by atoms with Crippen LogP contribution in [-0.4, -0.2) is 8.07 Å². The maximum Gasteiger partial charge on any atom is 0.179 e. The first kappa shape index (κ1) is 38.4. The first-order chi connectivity index (χ1) is 30.8. The number of hydrogen-bond donors (Lipinski definition) is 0. The topological polar surface area (TPSA) is 3.24 Å². The molecule has 0 radical (unpaired) electrons. The van der Waals surface area contributed by atoms with Crippen molar-refractivity contribution in [2.24, 2.45) is 0 Å². The van der Waals surface area contributed by atoms with E-state index in [0.29, 0.717) is 0 Å². The molecule has 0 N–H and O–H groups in total. The van der Waals surface area contributed by atoms with Crippen molar-refractivity contribution in [3.63, 3.8) is 0 Å². The predicted molar refractivity (Wildman–Crippen MR) is 266 cm³/mol. The van der Waals surface area contributed by atoms with E-state index in [-0.39, 0.29) is 0 Å². The molecule has 0 amide bonds. The highest BCUT2D eigenvalue weighted by Crippen LogP contribution is 2.41. The van der Waals surface area contributed by atoms with Crippen molar-refractivity contribution in [3.8, 4) is 44.5 Å². The summed E-state index contributed by atoms with van der Waals surface area (Å²) < 4.78 is 0. The molecular weight excluding hydrogens is 763 g/mol. The van der Waals surface area contributed by atoms with Crippen molar-refractivity contribution in [2.75, 3.05) is 4.90 Å². The smallest absolute Gasteiger partial charge is 0.179 e. The largest absolute Gasteiger partial charge is 0.310 e. The van der Waals surface area contributed by atoms with Gasteiger partial charge in [-0.1, -0.05) is 237 Å². The van der Waals surface area contributed by atoms with Gasteiger partial charge in [0, 0.05) is 17.1 Å². The molecule has 10 rings (SSSR count). The number of nitrogens with zero attached hydrogens (tertiary/aromatic N) is 1. The van der Waals surface area contributed by atoms with Gasteiger partial charge in [0.1, 0.15) is 0 Å². The van der Waals surface area contributed by atoms with Gasteiger partial charge in [0.15, 0.2) is 8.07 Å². The molecule has 0 aliphatic carbocycles. The van der Waals surface area contributed by atoms with E-state index < -0.39 is 8.07 Å². The van der Waals surface area contributed by atoms with Crippen LogP contribution in [0.5, 0.6) is 0 Å². The third-order valence-corrected chi connectivity index (χ3v) is 16.9. The summed E-state index contributed by atoms with van der Waals surface area (Å²) in [6.07, 6.45) is 0. The fourth-order valence-electron chi connectivity index (χ4n) is 9.06. The quantitative estimate of drug-likeness (QED) is 0.0929. The van der Waals surface area contributed by atoms with E-state index in [0.717, 1.165) is 17.1 Å². The summed E-state index contributed by atoms with van der Waals surface area (Å²) in [6, 6.07) is 99.6. The van der Waals surface area contributed by atoms with E-state index in [2.05, 4.69) is 278 Å². The molecule has 1 nitrogen and oxygen atoms in total. The molecule has 0 aliphatic heterocycles. The minimum absolute atomic E-state index is 1.09. The highest BCUT2D eigenvalue weighted by molar-refractivity contribution is 7.19. The maximum atomic E-state index is 2.38. The molecule has 10 aromatic rings. The van der Waals surface area contributed by atoms with Gasteiger partial charge in [0.2, 0.25) is 0 Å². The van der Waals surface area contributed by atoms with Crippen LogP contribution >= 0.6 is 0 Å². The standard InChI is InChI=1S/C60H45NSi/c1-7-19-46(20-8-1)47-31-37-52(38-32-47)61(54-41-44-59(50-21-9-2-10-22-50)60(45-54)51-23-11-3-12-24-51)53-39-33-48(34-40-53)49-35-42-58(43-36-49)62(55-25-13-4-14-26-55,56-27-15-5-16-28-56)57-29-17-6-18-30-57/h1-45H. The molecule has 0 atom stereocenters. The van der Waals surface area contributed by atoms with Gasteiger partial charge in [-0.05, 0) is 102 Å². The molecule has 0 aliphatic rings. The Labute approximate surface area is 366 Å². The highest BCUT2D eigenvalue weighted by Gasteiger charge is 2.41. The third kappa shape index (κ3) is 7.49. The second-order valence-electron chi connectivity index (χ2n) is 15.7. The van der Waals surface area contributed by atoms with E-state index in [9.17, 15) is 0 Å². The zero-order valence-electron chi connectivity index (χ0n) is 34.4. The van der Waals surface area contributed by atoms with E-state index in [1.807, 2.05) is 0 Å². The molecule has 0 bridgehead atoms. The Morgan fingerprint density at radius 3 is 0.903 bits per heavy atom. The van der Waals surface area contributed by atoms with Gasteiger partial charge < -0.3 is 4.90 Å². The van der Waals surface area contributed by atoms with Crippen LogP contribution in [0.15, 0.2) is 273 Å². The number of benzene rings is 10. The van der Waals surface area contributed by atoms with Gasteiger partial charge in [-0.15, -0.1) is 0 Å². The van der Waals surface area contributed by atoms with E-state index in [1.54, 1.807) is 0 Å². The lowest BCUT2D eigenvalue weighted by atomic mass is 9.93. The average molecular weight is 808 g/mol. The first-order valence-corrected chi connectivity index (χ1v) is 23.3. The van der Waals surface area contributed by atoms with Crippen molar-refractivity contribution in [1.82, 2.24) is 0 Å². The molecular formula is C60H45NSi. The summed E-state index contributed by atoms with van der Waals surface area (Å²) in [7, 11) is -2.61. The molecule has 0 spiro atoms. The first-order valence-electron chi connectivity index (χ1n) is 21.3. The lowest BCUT2D eigenvalue weighted by molar-refractivity contribution is 1.28. The van der Waals surface area contributed by atoms with Gasteiger partial charge in [0.05, 0.1) is 0 Å². The molecule has 0 aromatic heterocycles. The molecule has 294 valence electrons. The summed E-state index contributed by atoms with van der Waals surface area (Å²) in [6.45, 7) is 0. The molecule has 0 saturated carbocycles. The Morgan fingerprint density at radius 2 is 0.500 bits per heavy atom. The van der Waals surface area contributed by atoms with Crippen molar-refractivity contribution in [3.05, 3.63) is 273 Å². The van der Waals surface area contributed by atoms with Crippen LogP contribution in [0, 0.1) is 0 Å². The summed E-state index contributed by atoms with van der Waals surface area (Å²) in [5.41, 5.74) is 12.8. The third-order valence-electron chi connectivity index (χ3n) is 12.1. The van der Waals surface area contributed by atoms with Gasteiger partial charge >= 0.3 is 0 Å². The molecule has 0 fully saturated rings. The fourth-order valence-corrected chi connectivity index (χ4v) is 13.8. The lowest BCUT2D eigenvalue weighted by Gasteiger charge is -2.34. The number of anilines is 3. The number of hydrogen-bond acceptors (Lipinski definition) is 1. The van der Waals surface area contributed by atoms with Crippen LogP contribution < -0.4 is 25.6 Å². The molecule has 0 heterocycles. The van der Waals surface area contributed by atoms with Gasteiger partial charge in [-0.2, -0.15) is 0 Å². The Bertz CT molecular complexity index is 2890. The van der Waals surface area contributed by atoms with Gasteiger partial charge in [-0.25, -0.2) is 0 Å². The average Bonchev–Trinajstić information content (AvgIpc) is 3.37. The van der Waals surface area contributed by atoms with E-state index >= 15 is 0 Å². The Balaban J connectivity index is 1.06. The molecule has 10 aromatic carbocycles. The second-order valence-corrected chi connectivity index (χ2v) is 19.5. The van der Waals surface area contributed by atoms with Crippen molar-refractivity contribution >= 4 is 45.9 Å². The second kappa shape index (κ2) is 17.4. The summed E-state index contributed by atoms with van der Waals surface area (Å²) in [4.78, 5) is 2.38. The van der Waals surface area contributed by atoms with E-state index in [1.165, 1.54) is 65.3 Å². The Hall–Kier alpha value is -7.78. The monoisotopic (exact) mass is 807 g/mol. The lowest BCUT2D eigenvalue weighted by Crippen LogP contribution is -2.74. The zero-order valence-corrected chi connectivity index (χ0v) is 35.4. The molecule has 0 unspecified atom stereocenters. The molecule has 62 heavy (non-hydrogen) atoms. The van der Waals surface area contributed by atoms with Crippen LogP contribution in [0.1, 0.15) is 0 Å². The van der Waals surface area contributed by atoms with Gasteiger partial charge in [0.25, 0.3) is 0 Å². The minimum Gasteiger partial charge on any atom is -0.310 e. The maximum absolute atomic E-state index is 2.61. The van der Waals surface area contributed by atoms with Crippen molar-refractivity contribution < 1.29 is 0 Å². The predicted octanol–water partition coefficient (Wildman–Crippen LogP) is 13.2. The van der Waals surface area contributed by atoms with E-state index in [4.69, 9.17) is 0 Å².